The number of amides is 1. The Morgan fingerprint density at radius 3 is 2.55 bits per heavy atom. The van der Waals surface area contributed by atoms with E-state index < -0.39 is 10.0 Å². The zero-order chi connectivity index (χ0) is 15.3. The third kappa shape index (κ3) is 5.38. The van der Waals surface area contributed by atoms with Crippen molar-refractivity contribution in [3.8, 4) is 0 Å². The van der Waals surface area contributed by atoms with Gasteiger partial charge in [-0.2, -0.15) is 0 Å². The van der Waals surface area contributed by atoms with E-state index in [-0.39, 0.29) is 22.7 Å². The number of benzene rings is 1. The van der Waals surface area contributed by atoms with Crippen molar-refractivity contribution in [1.29, 1.82) is 0 Å². The smallest absolute Gasteiger partial charge is 0.251 e. The van der Waals surface area contributed by atoms with E-state index in [1.807, 2.05) is 13.8 Å². The Balaban J connectivity index is 2.84. The zero-order valence-corrected chi connectivity index (χ0v) is 13.3. The van der Waals surface area contributed by atoms with Crippen molar-refractivity contribution in [2.45, 2.75) is 32.7 Å². The molecule has 0 unspecified atom stereocenters. The van der Waals surface area contributed by atoms with Gasteiger partial charge in [0.15, 0.2) is 0 Å². The molecule has 0 fully saturated rings. The Hall–Kier alpha value is -1.27. The molecule has 0 aromatic heterocycles. The van der Waals surface area contributed by atoms with Gasteiger partial charge >= 0.3 is 0 Å². The van der Waals surface area contributed by atoms with Crippen molar-refractivity contribution in [1.82, 2.24) is 5.32 Å². The van der Waals surface area contributed by atoms with Gasteiger partial charge < -0.3 is 5.32 Å². The molecule has 7 heteroatoms. The molecule has 5 nitrogen and oxygen atoms in total. The largest absolute Gasteiger partial charge is 0.350 e. The second-order valence-corrected chi connectivity index (χ2v) is 6.89. The van der Waals surface area contributed by atoms with Crippen LogP contribution in [0.25, 0.3) is 0 Å². The maximum atomic E-state index is 12.0. The highest BCUT2D eigenvalue weighted by atomic mass is 35.5. The molecule has 0 aliphatic carbocycles. The third-order valence-electron chi connectivity index (χ3n) is 2.63. The van der Waals surface area contributed by atoms with Crippen LogP contribution in [0.4, 0.5) is 5.69 Å². The van der Waals surface area contributed by atoms with E-state index in [1.54, 1.807) is 0 Å². The fourth-order valence-electron chi connectivity index (χ4n) is 1.75. The van der Waals surface area contributed by atoms with Gasteiger partial charge in [-0.25, -0.2) is 8.42 Å². The maximum absolute atomic E-state index is 12.0. The van der Waals surface area contributed by atoms with Gasteiger partial charge in [-0.15, -0.1) is 0 Å². The normalized spacial score (nSPS) is 12.8. The first-order valence-electron chi connectivity index (χ1n) is 6.31. The predicted octanol–water partition coefficient (Wildman–Crippen LogP) is 2.63. The molecule has 0 aliphatic rings. The molecule has 2 N–H and O–H groups in total. The van der Waals surface area contributed by atoms with Crippen LogP contribution in [-0.4, -0.2) is 26.6 Å². The third-order valence-corrected chi connectivity index (χ3v) is 3.53. The molecule has 0 saturated carbocycles. The van der Waals surface area contributed by atoms with Crippen LogP contribution in [0.1, 0.15) is 37.0 Å². The second kappa shape index (κ2) is 6.95. The zero-order valence-electron chi connectivity index (χ0n) is 11.7. The van der Waals surface area contributed by atoms with E-state index in [4.69, 9.17) is 11.6 Å². The molecule has 0 radical (unpaired) electrons. The fourth-order valence-corrected chi connectivity index (χ4v) is 2.61. The lowest BCUT2D eigenvalue weighted by molar-refractivity contribution is 0.0938. The minimum Gasteiger partial charge on any atom is -0.350 e. The molecule has 0 spiro atoms. The Labute approximate surface area is 124 Å². The highest BCUT2D eigenvalue weighted by molar-refractivity contribution is 7.92. The van der Waals surface area contributed by atoms with Gasteiger partial charge in [0.05, 0.1) is 17.0 Å². The summed E-state index contributed by atoms with van der Waals surface area (Å²) in [5, 5.41) is 3.04. The summed E-state index contributed by atoms with van der Waals surface area (Å²) in [6.45, 7) is 3.98. The van der Waals surface area contributed by atoms with Gasteiger partial charge in [-0.1, -0.05) is 24.9 Å². The van der Waals surface area contributed by atoms with Gasteiger partial charge in [-0.3, -0.25) is 9.52 Å². The number of anilines is 1. The molecule has 1 atom stereocenters. The van der Waals surface area contributed by atoms with Crippen LogP contribution in [0.2, 0.25) is 5.02 Å². The Morgan fingerprint density at radius 1 is 1.40 bits per heavy atom. The van der Waals surface area contributed by atoms with Gasteiger partial charge in [-0.05, 0) is 31.5 Å². The molecule has 0 saturated heterocycles. The van der Waals surface area contributed by atoms with Crippen LogP contribution >= 0.6 is 11.6 Å². The SMILES string of the molecule is CCC[C@@H](C)NC(=O)c1ccc(NS(C)(=O)=O)c(Cl)c1. The minimum atomic E-state index is -3.39. The highest BCUT2D eigenvalue weighted by Gasteiger charge is 2.12. The lowest BCUT2D eigenvalue weighted by Gasteiger charge is -2.13. The molecular formula is C13H19ClN2O3S. The van der Waals surface area contributed by atoms with E-state index in [2.05, 4.69) is 10.0 Å². The molecule has 112 valence electrons. The van der Waals surface area contributed by atoms with E-state index in [1.165, 1.54) is 18.2 Å². The summed E-state index contributed by atoms with van der Waals surface area (Å²) in [5.41, 5.74) is 0.657. The average Bonchev–Trinajstić information content (AvgIpc) is 2.30. The summed E-state index contributed by atoms with van der Waals surface area (Å²) >= 11 is 5.97. The number of hydrogen-bond acceptors (Lipinski definition) is 3. The van der Waals surface area contributed by atoms with Crippen molar-refractivity contribution in [3.63, 3.8) is 0 Å². The quantitative estimate of drug-likeness (QED) is 0.846. The number of halogens is 1. The van der Waals surface area contributed by atoms with Gasteiger partial charge in [0.25, 0.3) is 5.91 Å². The monoisotopic (exact) mass is 318 g/mol. The highest BCUT2D eigenvalue weighted by Crippen LogP contribution is 2.23. The summed E-state index contributed by atoms with van der Waals surface area (Å²) in [6.07, 6.45) is 2.92. The molecule has 0 bridgehead atoms. The summed E-state index contributed by atoms with van der Waals surface area (Å²) < 4.78 is 24.6. The van der Waals surface area contributed by atoms with Gasteiger partial charge in [0, 0.05) is 11.6 Å². The number of carbonyl (C=O) groups excluding carboxylic acids is 1. The molecule has 1 aromatic carbocycles. The molecule has 0 heterocycles. The van der Waals surface area contributed by atoms with Crippen LogP contribution in [0, 0.1) is 0 Å². The molecule has 1 amide bonds. The number of hydrogen-bond donors (Lipinski definition) is 2. The van der Waals surface area contributed by atoms with Crippen LogP contribution in [-0.2, 0) is 10.0 Å². The summed E-state index contributed by atoms with van der Waals surface area (Å²) in [6, 6.07) is 4.54. The van der Waals surface area contributed by atoms with Crippen molar-refractivity contribution in [2.24, 2.45) is 0 Å². The Morgan fingerprint density at radius 2 is 2.05 bits per heavy atom. The molecule has 0 aliphatic heterocycles. The predicted molar refractivity (Wildman–Crippen MR) is 81.8 cm³/mol. The second-order valence-electron chi connectivity index (χ2n) is 4.73. The first kappa shape index (κ1) is 16.8. The number of rotatable bonds is 6. The Bertz CT molecular complexity index is 587. The number of nitrogens with one attached hydrogen (secondary N) is 2. The average molecular weight is 319 g/mol. The maximum Gasteiger partial charge on any atom is 0.251 e. The van der Waals surface area contributed by atoms with E-state index in [0.29, 0.717) is 5.56 Å². The molecule has 1 rings (SSSR count). The van der Waals surface area contributed by atoms with Gasteiger partial charge in [0.1, 0.15) is 0 Å². The lowest BCUT2D eigenvalue weighted by Crippen LogP contribution is -2.32. The number of sulfonamides is 1. The molecule has 1 aromatic rings. The van der Waals surface area contributed by atoms with E-state index in [9.17, 15) is 13.2 Å². The number of carbonyl (C=O) groups is 1. The van der Waals surface area contributed by atoms with Crippen molar-refractivity contribution >= 4 is 33.2 Å². The van der Waals surface area contributed by atoms with Crippen molar-refractivity contribution < 1.29 is 13.2 Å². The molecular weight excluding hydrogens is 300 g/mol. The van der Waals surface area contributed by atoms with Crippen LogP contribution < -0.4 is 10.0 Å². The van der Waals surface area contributed by atoms with E-state index in [0.717, 1.165) is 19.1 Å². The van der Waals surface area contributed by atoms with Crippen LogP contribution in [0.15, 0.2) is 18.2 Å². The van der Waals surface area contributed by atoms with E-state index >= 15 is 0 Å². The summed E-state index contributed by atoms with van der Waals surface area (Å²) in [7, 11) is -3.39. The Kier molecular flexibility index (Phi) is 5.83. The minimum absolute atomic E-state index is 0.0834. The lowest BCUT2D eigenvalue weighted by atomic mass is 10.1. The first-order chi connectivity index (χ1) is 9.23. The standard InChI is InChI=1S/C13H19ClN2O3S/c1-4-5-9(2)15-13(17)10-6-7-12(11(14)8-10)16-20(3,18)19/h6-9,16H,4-5H2,1-3H3,(H,15,17)/t9-/m1/s1. The van der Waals surface area contributed by atoms with Gasteiger partial charge in [0.2, 0.25) is 10.0 Å². The summed E-state index contributed by atoms with van der Waals surface area (Å²) in [5.74, 6) is -0.223. The summed E-state index contributed by atoms with van der Waals surface area (Å²) in [4.78, 5) is 12.0. The van der Waals surface area contributed by atoms with Crippen molar-refractivity contribution in [3.05, 3.63) is 28.8 Å². The topological polar surface area (TPSA) is 75.3 Å². The van der Waals surface area contributed by atoms with Crippen LogP contribution in [0.5, 0.6) is 0 Å². The molecule has 20 heavy (non-hydrogen) atoms. The fraction of sp³-hybridized carbons (Fsp3) is 0.462. The first-order valence-corrected chi connectivity index (χ1v) is 8.58. The van der Waals surface area contributed by atoms with Crippen molar-refractivity contribution in [2.75, 3.05) is 11.0 Å². The van der Waals surface area contributed by atoms with Crippen LogP contribution in [0.3, 0.4) is 0 Å².